The minimum atomic E-state index is 0.323. The number of anilines is 1. The lowest BCUT2D eigenvalue weighted by Crippen LogP contribution is -2.45. The van der Waals surface area contributed by atoms with E-state index in [0.717, 1.165) is 13.1 Å². The Bertz CT molecular complexity index is 348. The Morgan fingerprint density at radius 1 is 1.06 bits per heavy atom. The van der Waals surface area contributed by atoms with Gasteiger partial charge in [0.1, 0.15) is 0 Å². The highest BCUT2D eigenvalue weighted by Crippen LogP contribution is 2.23. The van der Waals surface area contributed by atoms with Crippen molar-refractivity contribution in [3.8, 4) is 0 Å². The van der Waals surface area contributed by atoms with Crippen LogP contribution in [0.1, 0.15) is 39.2 Å². The van der Waals surface area contributed by atoms with Gasteiger partial charge in [0.05, 0.1) is 12.2 Å². The molecule has 1 fully saturated rings. The topological polar surface area (TPSA) is 12.5 Å². The van der Waals surface area contributed by atoms with E-state index in [1.54, 1.807) is 0 Å². The molecule has 2 heteroatoms. The van der Waals surface area contributed by atoms with Crippen LogP contribution in [0.3, 0.4) is 0 Å². The molecule has 0 unspecified atom stereocenters. The van der Waals surface area contributed by atoms with Gasteiger partial charge in [-0.15, -0.1) is 0 Å². The first-order valence-corrected chi connectivity index (χ1v) is 6.56. The van der Waals surface area contributed by atoms with Gasteiger partial charge in [0.25, 0.3) is 0 Å². The second kappa shape index (κ2) is 5.09. The van der Waals surface area contributed by atoms with E-state index in [1.807, 2.05) is 0 Å². The third-order valence-electron chi connectivity index (χ3n) is 3.34. The number of hydrogen-bond acceptors (Lipinski definition) is 2. The monoisotopic (exact) mass is 233 g/mol. The molecule has 1 saturated heterocycles. The lowest BCUT2D eigenvalue weighted by molar-refractivity contribution is -0.00521. The highest BCUT2D eigenvalue weighted by Gasteiger charge is 2.22. The number of hydrogen-bond donors (Lipinski definition) is 0. The molecule has 0 aliphatic carbocycles. The molecular weight excluding hydrogens is 210 g/mol. The average Bonchev–Trinajstić information content (AvgIpc) is 2.28. The van der Waals surface area contributed by atoms with Gasteiger partial charge in [-0.1, -0.05) is 26.0 Å². The summed E-state index contributed by atoms with van der Waals surface area (Å²) in [4.78, 5) is 2.42. The molecule has 0 N–H and O–H groups in total. The summed E-state index contributed by atoms with van der Waals surface area (Å²) in [5.41, 5.74) is 2.72. The Kier molecular flexibility index (Phi) is 3.72. The Morgan fingerprint density at radius 3 is 2.06 bits per heavy atom. The average molecular weight is 233 g/mol. The largest absolute Gasteiger partial charge is 0.372 e. The third-order valence-corrected chi connectivity index (χ3v) is 3.34. The van der Waals surface area contributed by atoms with Gasteiger partial charge in [0.2, 0.25) is 0 Å². The van der Waals surface area contributed by atoms with Crippen molar-refractivity contribution in [2.75, 3.05) is 18.0 Å². The van der Waals surface area contributed by atoms with Gasteiger partial charge >= 0.3 is 0 Å². The summed E-state index contributed by atoms with van der Waals surface area (Å²) in [6.45, 7) is 10.7. The maximum Gasteiger partial charge on any atom is 0.0726 e. The van der Waals surface area contributed by atoms with E-state index < -0.39 is 0 Å². The lowest BCUT2D eigenvalue weighted by atomic mass is 10.0. The van der Waals surface area contributed by atoms with Crippen LogP contribution in [0.25, 0.3) is 0 Å². The Balaban J connectivity index is 2.11. The van der Waals surface area contributed by atoms with Gasteiger partial charge in [-0.3, -0.25) is 0 Å². The number of morpholine rings is 1. The second-order valence-corrected chi connectivity index (χ2v) is 5.41. The van der Waals surface area contributed by atoms with Crippen molar-refractivity contribution in [1.29, 1.82) is 0 Å². The number of ether oxygens (including phenoxy) is 1. The van der Waals surface area contributed by atoms with Crippen molar-refractivity contribution in [1.82, 2.24) is 0 Å². The minimum absolute atomic E-state index is 0.323. The van der Waals surface area contributed by atoms with Crippen LogP contribution in [0.15, 0.2) is 24.3 Å². The van der Waals surface area contributed by atoms with Gasteiger partial charge in [-0.05, 0) is 37.5 Å². The van der Waals surface area contributed by atoms with Gasteiger partial charge in [0, 0.05) is 18.8 Å². The first-order valence-electron chi connectivity index (χ1n) is 6.56. The number of rotatable bonds is 2. The zero-order chi connectivity index (χ0) is 12.4. The van der Waals surface area contributed by atoms with Crippen molar-refractivity contribution in [2.24, 2.45) is 0 Å². The molecule has 2 nitrogen and oxygen atoms in total. The zero-order valence-corrected chi connectivity index (χ0v) is 11.3. The van der Waals surface area contributed by atoms with E-state index >= 15 is 0 Å². The molecule has 0 aromatic heterocycles. The molecule has 2 rings (SSSR count). The highest BCUT2D eigenvalue weighted by atomic mass is 16.5. The van der Waals surface area contributed by atoms with Crippen LogP contribution in [0.5, 0.6) is 0 Å². The molecule has 0 amide bonds. The minimum Gasteiger partial charge on any atom is -0.372 e. The normalized spacial score (nSPS) is 25.4. The van der Waals surface area contributed by atoms with Crippen LogP contribution in [0.2, 0.25) is 0 Å². The summed E-state index contributed by atoms with van der Waals surface area (Å²) in [5, 5.41) is 0. The van der Waals surface area contributed by atoms with Gasteiger partial charge < -0.3 is 9.64 Å². The fraction of sp³-hybridized carbons (Fsp3) is 0.600. The molecule has 2 atom stereocenters. The standard InChI is InChI=1S/C15H23NO/c1-11(2)14-5-7-15(8-6-14)16-9-12(3)17-13(4)10-16/h5-8,11-13H,9-10H2,1-4H3/t12-,13-/m1/s1. The van der Waals surface area contributed by atoms with Crippen LogP contribution in [-0.4, -0.2) is 25.3 Å². The van der Waals surface area contributed by atoms with E-state index in [4.69, 9.17) is 4.74 Å². The zero-order valence-electron chi connectivity index (χ0n) is 11.3. The van der Waals surface area contributed by atoms with E-state index in [-0.39, 0.29) is 0 Å². The molecule has 1 aromatic rings. The van der Waals surface area contributed by atoms with Gasteiger partial charge in [-0.25, -0.2) is 0 Å². The summed E-state index contributed by atoms with van der Waals surface area (Å²) in [6.07, 6.45) is 0.645. The molecule has 94 valence electrons. The molecule has 17 heavy (non-hydrogen) atoms. The van der Waals surface area contributed by atoms with Crippen LogP contribution < -0.4 is 4.90 Å². The van der Waals surface area contributed by atoms with Crippen molar-refractivity contribution in [3.63, 3.8) is 0 Å². The van der Waals surface area contributed by atoms with E-state index in [2.05, 4.69) is 56.9 Å². The first kappa shape index (κ1) is 12.4. The van der Waals surface area contributed by atoms with Crippen LogP contribution in [0, 0.1) is 0 Å². The molecule has 1 aliphatic heterocycles. The molecular formula is C15H23NO. The molecule has 1 aliphatic rings. The quantitative estimate of drug-likeness (QED) is 0.776. The molecule has 1 heterocycles. The van der Waals surface area contributed by atoms with E-state index in [1.165, 1.54) is 11.3 Å². The Hall–Kier alpha value is -1.02. The lowest BCUT2D eigenvalue weighted by Gasteiger charge is -2.37. The van der Waals surface area contributed by atoms with Crippen molar-refractivity contribution in [3.05, 3.63) is 29.8 Å². The molecule has 0 saturated carbocycles. The fourth-order valence-corrected chi connectivity index (χ4v) is 2.46. The maximum atomic E-state index is 5.76. The molecule has 0 spiro atoms. The van der Waals surface area contributed by atoms with Crippen molar-refractivity contribution >= 4 is 5.69 Å². The Labute approximate surface area is 105 Å². The van der Waals surface area contributed by atoms with E-state index in [9.17, 15) is 0 Å². The number of nitrogens with zero attached hydrogens (tertiary/aromatic N) is 1. The SMILES string of the molecule is CC(C)c1ccc(N2C[C@@H](C)O[C@H](C)C2)cc1. The van der Waals surface area contributed by atoms with Crippen LogP contribution in [-0.2, 0) is 4.74 Å². The predicted octanol–water partition coefficient (Wildman–Crippen LogP) is 3.42. The molecule has 0 radical (unpaired) electrons. The molecule has 1 aromatic carbocycles. The van der Waals surface area contributed by atoms with Crippen molar-refractivity contribution < 1.29 is 4.74 Å². The van der Waals surface area contributed by atoms with Gasteiger partial charge in [-0.2, -0.15) is 0 Å². The highest BCUT2D eigenvalue weighted by molar-refractivity contribution is 5.48. The Morgan fingerprint density at radius 2 is 1.59 bits per heavy atom. The summed E-state index contributed by atoms with van der Waals surface area (Å²) in [5.74, 6) is 0.603. The summed E-state index contributed by atoms with van der Waals surface area (Å²) in [7, 11) is 0. The maximum absolute atomic E-state index is 5.76. The predicted molar refractivity (Wildman–Crippen MR) is 72.8 cm³/mol. The van der Waals surface area contributed by atoms with E-state index in [0.29, 0.717) is 18.1 Å². The van der Waals surface area contributed by atoms with Crippen LogP contribution >= 0.6 is 0 Å². The van der Waals surface area contributed by atoms with Gasteiger partial charge in [0.15, 0.2) is 0 Å². The smallest absolute Gasteiger partial charge is 0.0726 e. The summed E-state index contributed by atoms with van der Waals surface area (Å²) >= 11 is 0. The first-order chi connectivity index (χ1) is 8.06. The van der Waals surface area contributed by atoms with Crippen molar-refractivity contribution in [2.45, 2.75) is 45.8 Å². The molecule has 0 bridgehead atoms. The fourth-order valence-electron chi connectivity index (χ4n) is 2.46. The number of benzene rings is 1. The second-order valence-electron chi connectivity index (χ2n) is 5.41. The van der Waals surface area contributed by atoms with Crippen LogP contribution in [0.4, 0.5) is 5.69 Å². The third kappa shape index (κ3) is 3.01. The summed E-state index contributed by atoms with van der Waals surface area (Å²) in [6, 6.07) is 8.95. The summed E-state index contributed by atoms with van der Waals surface area (Å²) < 4.78 is 5.76.